The highest BCUT2D eigenvalue weighted by Crippen LogP contribution is 2.36. The predicted octanol–water partition coefficient (Wildman–Crippen LogP) is 2.75. The topological polar surface area (TPSA) is 50.7 Å². The maximum absolute atomic E-state index is 9.61. The Kier molecular flexibility index (Phi) is 5.13. The number of aliphatic hydroxyl groups is 1. The molecule has 1 aliphatic carbocycles. The van der Waals surface area contributed by atoms with Crippen LogP contribution in [0.4, 0.5) is 0 Å². The molecular formula is C15H22ClNO3. The number of methoxy groups -OCH3 is 1. The van der Waals surface area contributed by atoms with Crippen LogP contribution in [0.5, 0.6) is 11.5 Å². The summed E-state index contributed by atoms with van der Waals surface area (Å²) in [4.78, 5) is 0. The number of aliphatic hydroxyl groups excluding tert-OH is 1. The molecule has 20 heavy (non-hydrogen) atoms. The van der Waals surface area contributed by atoms with E-state index in [1.807, 2.05) is 13.0 Å². The second-order valence-corrected chi connectivity index (χ2v) is 5.75. The molecule has 4 nitrogen and oxygen atoms in total. The fraction of sp³-hybridized carbons (Fsp3) is 0.600. The third kappa shape index (κ3) is 4.01. The molecule has 0 saturated heterocycles. The molecule has 1 aromatic carbocycles. The molecule has 0 aromatic heterocycles. The van der Waals surface area contributed by atoms with Gasteiger partial charge in [-0.1, -0.05) is 11.6 Å². The third-order valence-corrected chi connectivity index (χ3v) is 3.68. The van der Waals surface area contributed by atoms with Gasteiger partial charge in [0.2, 0.25) is 0 Å². The van der Waals surface area contributed by atoms with Crippen LogP contribution in [0.2, 0.25) is 5.02 Å². The van der Waals surface area contributed by atoms with E-state index in [1.54, 1.807) is 20.1 Å². The van der Waals surface area contributed by atoms with Crippen molar-refractivity contribution >= 4 is 11.6 Å². The largest absolute Gasteiger partial charge is 0.493 e. The Hall–Kier alpha value is -0.970. The Morgan fingerprint density at radius 1 is 1.40 bits per heavy atom. The van der Waals surface area contributed by atoms with Crippen LogP contribution in [0, 0.1) is 0 Å². The number of hydrogen-bond acceptors (Lipinski definition) is 4. The summed E-state index contributed by atoms with van der Waals surface area (Å²) in [5, 5.41) is 13.7. The molecule has 1 saturated carbocycles. The minimum Gasteiger partial charge on any atom is -0.493 e. The monoisotopic (exact) mass is 299 g/mol. The van der Waals surface area contributed by atoms with Crippen molar-refractivity contribution in [3.05, 3.63) is 22.7 Å². The van der Waals surface area contributed by atoms with E-state index in [-0.39, 0.29) is 6.10 Å². The molecule has 1 aliphatic rings. The van der Waals surface area contributed by atoms with Gasteiger partial charge in [-0.05, 0) is 32.8 Å². The third-order valence-electron chi connectivity index (χ3n) is 3.46. The van der Waals surface area contributed by atoms with Gasteiger partial charge in [0.1, 0.15) is 6.10 Å². The minimum absolute atomic E-state index is 0.315. The smallest absolute Gasteiger partial charge is 0.166 e. The normalized spacial score (nSPS) is 17.6. The Bertz CT molecular complexity index is 461. The van der Waals surface area contributed by atoms with E-state index in [1.165, 1.54) is 12.8 Å². The fourth-order valence-corrected chi connectivity index (χ4v) is 2.10. The van der Waals surface area contributed by atoms with Crippen LogP contribution in [-0.4, -0.2) is 30.5 Å². The summed E-state index contributed by atoms with van der Waals surface area (Å²) in [6.07, 6.45) is 1.57. The zero-order chi connectivity index (χ0) is 14.7. The van der Waals surface area contributed by atoms with Crippen molar-refractivity contribution in [3.8, 4) is 11.5 Å². The first-order chi connectivity index (χ1) is 9.51. The number of halogens is 1. The van der Waals surface area contributed by atoms with Gasteiger partial charge in [0.25, 0.3) is 0 Å². The van der Waals surface area contributed by atoms with Crippen molar-refractivity contribution in [3.63, 3.8) is 0 Å². The van der Waals surface area contributed by atoms with Crippen molar-refractivity contribution in [2.45, 2.75) is 51.5 Å². The number of ether oxygens (including phenoxy) is 2. The molecule has 2 N–H and O–H groups in total. The van der Waals surface area contributed by atoms with E-state index in [4.69, 9.17) is 21.1 Å². The molecule has 0 aliphatic heterocycles. The molecule has 0 radical (unpaired) electrons. The van der Waals surface area contributed by atoms with Crippen LogP contribution >= 0.6 is 11.6 Å². The van der Waals surface area contributed by atoms with E-state index in [2.05, 4.69) is 5.32 Å². The molecule has 1 aromatic rings. The summed E-state index contributed by atoms with van der Waals surface area (Å²) in [6, 6.07) is 4.21. The maximum atomic E-state index is 9.61. The van der Waals surface area contributed by atoms with Crippen LogP contribution in [0.3, 0.4) is 0 Å². The summed E-state index contributed by atoms with van der Waals surface area (Å²) in [5.74, 6) is 1.25. The van der Waals surface area contributed by atoms with Gasteiger partial charge in [-0.25, -0.2) is 0 Å². The lowest BCUT2D eigenvalue weighted by molar-refractivity contribution is 0.0579. The highest BCUT2D eigenvalue weighted by Gasteiger charge is 2.23. The SMILES string of the molecule is COc1cc(Cl)cc(CNC2CC2)c1OC(C)C(C)O. The fourth-order valence-electron chi connectivity index (χ4n) is 1.87. The first-order valence-corrected chi connectivity index (χ1v) is 7.33. The van der Waals surface area contributed by atoms with Gasteiger partial charge < -0.3 is 19.9 Å². The predicted molar refractivity (Wildman–Crippen MR) is 79.6 cm³/mol. The number of benzene rings is 1. The lowest BCUT2D eigenvalue weighted by atomic mass is 10.1. The molecule has 0 amide bonds. The number of hydrogen-bond donors (Lipinski definition) is 2. The van der Waals surface area contributed by atoms with Gasteiger partial charge in [-0.2, -0.15) is 0 Å². The Balaban J connectivity index is 2.22. The molecule has 112 valence electrons. The van der Waals surface area contributed by atoms with Crippen molar-refractivity contribution in [2.75, 3.05) is 7.11 Å². The molecule has 5 heteroatoms. The van der Waals surface area contributed by atoms with E-state index < -0.39 is 6.10 Å². The van der Waals surface area contributed by atoms with E-state index in [9.17, 15) is 5.11 Å². The van der Waals surface area contributed by atoms with Crippen LogP contribution in [0.25, 0.3) is 0 Å². The molecule has 0 bridgehead atoms. The summed E-state index contributed by atoms with van der Waals surface area (Å²) in [6.45, 7) is 4.22. The zero-order valence-electron chi connectivity index (χ0n) is 12.1. The average Bonchev–Trinajstić information content (AvgIpc) is 3.22. The summed E-state index contributed by atoms with van der Waals surface area (Å²) >= 11 is 6.12. The molecular weight excluding hydrogens is 278 g/mol. The summed E-state index contributed by atoms with van der Waals surface area (Å²) in [7, 11) is 1.59. The zero-order valence-corrected chi connectivity index (χ0v) is 12.9. The van der Waals surface area contributed by atoms with Crippen LogP contribution in [0.1, 0.15) is 32.3 Å². The second-order valence-electron chi connectivity index (χ2n) is 5.32. The van der Waals surface area contributed by atoms with Crippen LogP contribution < -0.4 is 14.8 Å². The van der Waals surface area contributed by atoms with E-state index in [0.717, 1.165) is 5.56 Å². The van der Waals surface area contributed by atoms with Crippen LogP contribution in [-0.2, 0) is 6.54 Å². The highest BCUT2D eigenvalue weighted by atomic mass is 35.5. The Labute approximate surface area is 125 Å². The standard InChI is InChI=1S/C15H22ClNO3/c1-9(18)10(2)20-15-11(8-17-13-4-5-13)6-12(16)7-14(15)19-3/h6-7,9-10,13,17-18H,4-5,8H2,1-3H3. The molecule has 2 unspecified atom stereocenters. The Morgan fingerprint density at radius 3 is 2.65 bits per heavy atom. The first kappa shape index (κ1) is 15.4. The number of nitrogens with one attached hydrogen (secondary N) is 1. The lowest BCUT2D eigenvalue weighted by Crippen LogP contribution is -2.27. The Morgan fingerprint density at radius 2 is 2.10 bits per heavy atom. The van der Waals surface area contributed by atoms with Gasteiger partial charge in [0, 0.05) is 29.2 Å². The van der Waals surface area contributed by atoms with Gasteiger partial charge >= 0.3 is 0 Å². The van der Waals surface area contributed by atoms with E-state index in [0.29, 0.717) is 29.1 Å². The molecule has 2 atom stereocenters. The van der Waals surface area contributed by atoms with Gasteiger partial charge in [0.15, 0.2) is 11.5 Å². The van der Waals surface area contributed by atoms with Gasteiger partial charge in [-0.15, -0.1) is 0 Å². The quantitative estimate of drug-likeness (QED) is 0.813. The second kappa shape index (κ2) is 6.66. The highest BCUT2D eigenvalue weighted by molar-refractivity contribution is 6.30. The number of rotatable bonds is 7. The first-order valence-electron chi connectivity index (χ1n) is 6.95. The summed E-state index contributed by atoms with van der Waals surface area (Å²) < 4.78 is 11.2. The minimum atomic E-state index is -0.556. The summed E-state index contributed by atoms with van der Waals surface area (Å²) in [5.41, 5.74) is 0.953. The van der Waals surface area contributed by atoms with Crippen molar-refractivity contribution in [1.82, 2.24) is 5.32 Å². The molecule has 2 rings (SSSR count). The van der Waals surface area contributed by atoms with Gasteiger partial charge in [-0.3, -0.25) is 0 Å². The molecule has 1 fully saturated rings. The maximum Gasteiger partial charge on any atom is 0.166 e. The molecule has 0 spiro atoms. The van der Waals surface area contributed by atoms with Crippen molar-refractivity contribution in [2.24, 2.45) is 0 Å². The average molecular weight is 300 g/mol. The molecule has 0 heterocycles. The lowest BCUT2D eigenvalue weighted by Gasteiger charge is -2.22. The van der Waals surface area contributed by atoms with Crippen molar-refractivity contribution < 1.29 is 14.6 Å². The van der Waals surface area contributed by atoms with Crippen LogP contribution in [0.15, 0.2) is 12.1 Å². The van der Waals surface area contributed by atoms with Gasteiger partial charge in [0.05, 0.1) is 13.2 Å². The van der Waals surface area contributed by atoms with E-state index >= 15 is 0 Å². The van der Waals surface area contributed by atoms with Crippen molar-refractivity contribution in [1.29, 1.82) is 0 Å².